The van der Waals surface area contributed by atoms with Gasteiger partial charge >= 0.3 is 0 Å². The molecule has 0 atom stereocenters. The second-order valence-electron chi connectivity index (χ2n) is 7.49. The number of hydrogen-bond acceptors (Lipinski definition) is 6. The van der Waals surface area contributed by atoms with Crippen LogP contribution in [0.3, 0.4) is 0 Å². The molecule has 1 aromatic heterocycles. The average Bonchev–Trinajstić information content (AvgIpc) is 2.84. The van der Waals surface area contributed by atoms with E-state index < -0.39 is 0 Å². The molecule has 2 heterocycles. The minimum Gasteiger partial charge on any atom is -0.492 e. The molecule has 32 heavy (non-hydrogen) atoms. The van der Waals surface area contributed by atoms with Gasteiger partial charge in [-0.2, -0.15) is 0 Å². The van der Waals surface area contributed by atoms with Crippen LogP contribution in [0.5, 0.6) is 23.1 Å². The van der Waals surface area contributed by atoms with E-state index in [0.717, 1.165) is 55.1 Å². The van der Waals surface area contributed by atoms with Gasteiger partial charge in [-0.25, -0.2) is 4.98 Å². The van der Waals surface area contributed by atoms with E-state index in [2.05, 4.69) is 10.3 Å². The van der Waals surface area contributed by atoms with Crippen LogP contribution in [0.1, 0.15) is 31.2 Å². The number of benzene rings is 2. The Kier molecular flexibility index (Phi) is 7.96. The summed E-state index contributed by atoms with van der Waals surface area (Å²) in [6.07, 6.45) is 5.99. The molecule has 6 nitrogen and oxygen atoms in total. The number of hydrogen-bond donors (Lipinski definition) is 1. The minimum absolute atomic E-state index is 0.496. The van der Waals surface area contributed by atoms with Crippen LogP contribution in [0, 0.1) is 0 Å². The molecule has 0 unspecified atom stereocenters. The van der Waals surface area contributed by atoms with Gasteiger partial charge in [0.2, 0.25) is 5.88 Å². The number of ether oxygens (including phenoxy) is 3. The summed E-state index contributed by atoms with van der Waals surface area (Å²) in [5, 5.41) is 3.43. The summed E-state index contributed by atoms with van der Waals surface area (Å²) in [6, 6.07) is 21.4. The number of nitrogens with one attached hydrogen (secondary N) is 1. The molecule has 0 aliphatic carbocycles. The molecule has 2 aromatic carbocycles. The fourth-order valence-corrected chi connectivity index (χ4v) is 3.44. The molecule has 1 N–H and O–H groups in total. The molecule has 1 aliphatic rings. The van der Waals surface area contributed by atoms with Gasteiger partial charge < -0.3 is 19.5 Å². The first kappa shape index (κ1) is 21.7. The molecular weight excluding hydrogens is 402 g/mol. The SMILES string of the molecule is c1ccc(OCCNC2=NCCCCCCOc3ccccc3Oc3ncccc32)cc1. The number of rotatable bonds is 4. The number of para-hydroxylation sites is 3. The summed E-state index contributed by atoms with van der Waals surface area (Å²) in [4.78, 5) is 9.34. The topological polar surface area (TPSA) is 65.0 Å². The molecule has 0 amide bonds. The molecule has 0 fully saturated rings. The highest BCUT2D eigenvalue weighted by molar-refractivity contribution is 6.00. The molecule has 166 valence electrons. The smallest absolute Gasteiger partial charge is 0.230 e. The van der Waals surface area contributed by atoms with Gasteiger partial charge in [0.1, 0.15) is 18.2 Å². The summed E-state index contributed by atoms with van der Waals surface area (Å²) in [5.74, 6) is 3.49. The quantitative estimate of drug-likeness (QED) is 0.572. The lowest BCUT2D eigenvalue weighted by molar-refractivity contribution is 0.290. The van der Waals surface area contributed by atoms with Crippen molar-refractivity contribution in [2.24, 2.45) is 4.99 Å². The van der Waals surface area contributed by atoms with Gasteiger partial charge in [0, 0.05) is 12.7 Å². The maximum absolute atomic E-state index is 6.20. The molecule has 1 aliphatic heterocycles. The maximum atomic E-state index is 6.20. The lowest BCUT2D eigenvalue weighted by atomic mass is 10.2. The molecular formula is C26H29N3O3. The molecule has 6 heteroatoms. The summed E-state index contributed by atoms with van der Waals surface area (Å²) in [6.45, 7) is 2.55. The third kappa shape index (κ3) is 6.23. The van der Waals surface area contributed by atoms with Gasteiger partial charge in [-0.3, -0.25) is 4.99 Å². The molecule has 0 bridgehead atoms. The maximum Gasteiger partial charge on any atom is 0.230 e. The highest BCUT2D eigenvalue weighted by Crippen LogP contribution is 2.32. The van der Waals surface area contributed by atoms with Gasteiger partial charge in [0.15, 0.2) is 11.5 Å². The van der Waals surface area contributed by atoms with Crippen LogP contribution in [0.15, 0.2) is 77.9 Å². The van der Waals surface area contributed by atoms with E-state index in [1.165, 1.54) is 0 Å². The van der Waals surface area contributed by atoms with Crippen LogP contribution in [0.2, 0.25) is 0 Å². The second-order valence-corrected chi connectivity index (χ2v) is 7.49. The Bertz CT molecular complexity index is 1010. The lowest BCUT2D eigenvalue weighted by Gasteiger charge is -2.17. The van der Waals surface area contributed by atoms with Crippen molar-refractivity contribution in [2.75, 3.05) is 26.3 Å². The Morgan fingerprint density at radius 1 is 0.844 bits per heavy atom. The molecule has 3 aromatic rings. The summed E-state index contributed by atoms with van der Waals surface area (Å²) in [5.41, 5.74) is 0.819. The summed E-state index contributed by atoms with van der Waals surface area (Å²) < 4.78 is 18.0. The van der Waals surface area contributed by atoms with Crippen molar-refractivity contribution < 1.29 is 14.2 Å². The van der Waals surface area contributed by atoms with Gasteiger partial charge in [-0.05, 0) is 55.7 Å². The fourth-order valence-electron chi connectivity index (χ4n) is 3.44. The van der Waals surface area contributed by atoms with E-state index in [1.54, 1.807) is 6.20 Å². The highest BCUT2D eigenvalue weighted by atomic mass is 16.5. The molecule has 0 saturated heterocycles. The van der Waals surface area contributed by atoms with E-state index in [0.29, 0.717) is 31.4 Å². The first-order valence-corrected chi connectivity index (χ1v) is 11.2. The van der Waals surface area contributed by atoms with E-state index in [9.17, 15) is 0 Å². The van der Waals surface area contributed by atoms with Gasteiger partial charge in [0.05, 0.1) is 18.7 Å². The van der Waals surface area contributed by atoms with Crippen molar-refractivity contribution in [3.8, 4) is 23.1 Å². The minimum atomic E-state index is 0.496. The standard InChI is InChI=1S/C26H29N3O3/c1-2-9-19-31-23-14-6-7-15-24(23)32-26-22(13-10-17-29-26)25(27-16-8-1)28-18-20-30-21-11-4-3-5-12-21/h3-7,10-15,17H,1-2,8-9,16,18-20H2,(H,27,28). The van der Waals surface area contributed by atoms with Gasteiger partial charge in [-0.15, -0.1) is 0 Å². The zero-order chi connectivity index (χ0) is 21.8. The van der Waals surface area contributed by atoms with Crippen molar-refractivity contribution in [3.05, 3.63) is 78.5 Å². The van der Waals surface area contributed by atoms with Crippen molar-refractivity contribution in [2.45, 2.75) is 25.7 Å². The van der Waals surface area contributed by atoms with E-state index in [1.807, 2.05) is 66.7 Å². The Morgan fingerprint density at radius 3 is 2.56 bits per heavy atom. The monoisotopic (exact) mass is 431 g/mol. The van der Waals surface area contributed by atoms with E-state index in [-0.39, 0.29) is 0 Å². The normalized spacial score (nSPS) is 14.4. The first-order valence-electron chi connectivity index (χ1n) is 11.2. The second kappa shape index (κ2) is 11.7. The van der Waals surface area contributed by atoms with Crippen molar-refractivity contribution in [1.82, 2.24) is 10.3 Å². The average molecular weight is 432 g/mol. The molecule has 4 rings (SSSR count). The number of aromatic nitrogens is 1. The fraction of sp³-hybridized carbons (Fsp3) is 0.308. The molecule has 0 saturated carbocycles. The van der Waals surface area contributed by atoms with E-state index >= 15 is 0 Å². The largest absolute Gasteiger partial charge is 0.492 e. The van der Waals surface area contributed by atoms with Crippen molar-refractivity contribution in [1.29, 1.82) is 0 Å². The molecule has 0 radical (unpaired) electrons. The van der Waals surface area contributed by atoms with Crippen LogP contribution in [0.25, 0.3) is 0 Å². The summed E-state index contributed by atoms with van der Waals surface area (Å²) in [7, 11) is 0. The van der Waals surface area contributed by atoms with Crippen molar-refractivity contribution in [3.63, 3.8) is 0 Å². The Hall–Kier alpha value is -3.54. The Balaban J connectivity index is 1.53. The first-order chi connectivity index (χ1) is 15.9. The number of pyridine rings is 1. The highest BCUT2D eigenvalue weighted by Gasteiger charge is 2.15. The van der Waals surface area contributed by atoms with Crippen LogP contribution < -0.4 is 19.5 Å². The zero-order valence-corrected chi connectivity index (χ0v) is 18.2. The predicted molar refractivity (Wildman–Crippen MR) is 126 cm³/mol. The zero-order valence-electron chi connectivity index (χ0n) is 18.2. The lowest BCUT2D eigenvalue weighted by Crippen LogP contribution is -2.30. The van der Waals surface area contributed by atoms with Gasteiger partial charge in [0.25, 0.3) is 0 Å². The third-order valence-electron chi connectivity index (χ3n) is 5.07. The van der Waals surface area contributed by atoms with Gasteiger partial charge in [-0.1, -0.05) is 36.8 Å². The van der Waals surface area contributed by atoms with Crippen LogP contribution in [-0.4, -0.2) is 37.1 Å². The number of aliphatic imine (C=N–C) groups is 1. The molecule has 0 spiro atoms. The Labute approximate surface area is 189 Å². The number of amidine groups is 1. The number of fused-ring (bicyclic) bond motifs is 2. The van der Waals surface area contributed by atoms with Crippen LogP contribution in [0.4, 0.5) is 0 Å². The predicted octanol–water partition coefficient (Wildman–Crippen LogP) is 5.24. The van der Waals surface area contributed by atoms with Crippen LogP contribution in [-0.2, 0) is 0 Å². The van der Waals surface area contributed by atoms with Crippen LogP contribution >= 0.6 is 0 Å². The van der Waals surface area contributed by atoms with E-state index in [4.69, 9.17) is 19.2 Å². The third-order valence-corrected chi connectivity index (χ3v) is 5.07. The van der Waals surface area contributed by atoms with Crippen molar-refractivity contribution >= 4 is 5.84 Å². The number of nitrogens with zero attached hydrogens (tertiary/aromatic N) is 2. The summed E-state index contributed by atoms with van der Waals surface area (Å²) >= 11 is 0. The Morgan fingerprint density at radius 2 is 1.66 bits per heavy atom.